The third-order valence-electron chi connectivity index (χ3n) is 6.92. The molecule has 8 heteroatoms. The molecular weight excluding hydrogens is 476 g/mol. The number of benzene rings is 3. The van der Waals surface area contributed by atoms with Gasteiger partial charge in [-0.2, -0.15) is 5.10 Å². The van der Waals surface area contributed by atoms with Crippen LogP contribution in [0.5, 0.6) is 17.5 Å². The fourth-order valence-corrected chi connectivity index (χ4v) is 5.24. The molecule has 0 amide bonds. The van der Waals surface area contributed by atoms with Crippen LogP contribution in [-0.2, 0) is 6.42 Å². The number of aryl methyl sites for hydroxylation is 1. The molecule has 1 aliphatic rings. The predicted octanol–water partition coefficient (Wildman–Crippen LogP) is 5.50. The fourth-order valence-electron chi connectivity index (χ4n) is 5.24. The molecule has 6 aromatic rings. The van der Waals surface area contributed by atoms with Gasteiger partial charge in [0.1, 0.15) is 12.1 Å². The van der Waals surface area contributed by atoms with Gasteiger partial charge in [0, 0.05) is 12.0 Å². The molecule has 1 aliphatic heterocycles. The molecular formula is C30H24N6O2. The first-order valence-corrected chi connectivity index (χ1v) is 12.4. The maximum atomic E-state index is 6.51. The van der Waals surface area contributed by atoms with Crippen LogP contribution in [-0.4, -0.2) is 36.5 Å². The van der Waals surface area contributed by atoms with E-state index in [1.807, 2.05) is 78.3 Å². The Morgan fingerprint density at radius 3 is 2.39 bits per heavy atom. The van der Waals surface area contributed by atoms with Crippen molar-refractivity contribution in [2.24, 2.45) is 0 Å². The average molecular weight is 501 g/mol. The molecule has 7 rings (SSSR count). The molecule has 3 aromatic carbocycles. The number of nitrogens with zero attached hydrogens (tertiary/aromatic N) is 6. The number of hydrogen-bond donors (Lipinski definition) is 0. The average Bonchev–Trinajstić information content (AvgIpc) is 3.53. The Bertz CT molecular complexity index is 1780. The summed E-state index contributed by atoms with van der Waals surface area (Å²) < 4.78 is 15.9. The van der Waals surface area contributed by atoms with Crippen LogP contribution < -0.4 is 9.47 Å². The highest BCUT2D eigenvalue weighted by atomic mass is 16.5. The maximum Gasteiger partial charge on any atom is 0.230 e. The molecule has 0 saturated carbocycles. The number of fused-ring (bicyclic) bond motifs is 4. The van der Waals surface area contributed by atoms with Crippen LogP contribution in [0.3, 0.4) is 0 Å². The van der Waals surface area contributed by atoms with E-state index in [0.717, 1.165) is 39.4 Å². The van der Waals surface area contributed by atoms with Crippen LogP contribution in [0.4, 0.5) is 0 Å². The molecule has 1 atom stereocenters. The summed E-state index contributed by atoms with van der Waals surface area (Å²) in [5.41, 5.74) is 6.39. The van der Waals surface area contributed by atoms with Crippen LogP contribution in [0.15, 0.2) is 91.3 Å². The van der Waals surface area contributed by atoms with Gasteiger partial charge in [0.05, 0.1) is 35.5 Å². The van der Waals surface area contributed by atoms with Gasteiger partial charge in [0.2, 0.25) is 11.8 Å². The van der Waals surface area contributed by atoms with Gasteiger partial charge in [-0.3, -0.25) is 0 Å². The summed E-state index contributed by atoms with van der Waals surface area (Å²) in [6.07, 6.45) is 2.28. The van der Waals surface area contributed by atoms with Crippen LogP contribution in [0.2, 0.25) is 0 Å². The second kappa shape index (κ2) is 8.85. The number of ether oxygens (including phenoxy) is 2. The van der Waals surface area contributed by atoms with Crippen molar-refractivity contribution in [3.63, 3.8) is 0 Å². The second-order valence-corrected chi connectivity index (χ2v) is 9.25. The zero-order chi connectivity index (χ0) is 25.6. The Hall–Kier alpha value is -4.98. The summed E-state index contributed by atoms with van der Waals surface area (Å²) in [5.74, 6) is 2.34. The molecule has 4 heterocycles. The summed E-state index contributed by atoms with van der Waals surface area (Å²) in [4.78, 5) is 9.68. The van der Waals surface area contributed by atoms with Gasteiger partial charge in [-0.1, -0.05) is 66.7 Å². The van der Waals surface area contributed by atoms with Crippen molar-refractivity contribution in [1.82, 2.24) is 29.4 Å². The van der Waals surface area contributed by atoms with E-state index in [1.54, 1.807) is 18.0 Å². The summed E-state index contributed by atoms with van der Waals surface area (Å²) in [6, 6.07) is 28.2. The third-order valence-corrected chi connectivity index (χ3v) is 6.92. The van der Waals surface area contributed by atoms with E-state index in [2.05, 4.69) is 18.2 Å². The van der Waals surface area contributed by atoms with Crippen molar-refractivity contribution in [2.45, 2.75) is 19.3 Å². The van der Waals surface area contributed by atoms with Gasteiger partial charge >= 0.3 is 0 Å². The Labute approximate surface area is 219 Å². The lowest BCUT2D eigenvalue weighted by Gasteiger charge is -2.27. The lowest BCUT2D eigenvalue weighted by molar-refractivity contribution is 0.393. The summed E-state index contributed by atoms with van der Waals surface area (Å²) in [7, 11) is 1.69. The molecule has 186 valence electrons. The van der Waals surface area contributed by atoms with Crippen LogP contribution in [0, 0.1) is 6.92 Å². The molecule has 0 radical (unpaired) electrons. The highest BCUT2D eigenvalue weighted by molar-refractivity contribution is 5.67. The second-order valence-electron chi connectivity index (χ2n) is 9.25. The third kappa shape index (κ3) is 3.53. The molecule has 0 unspecified atom stereocenters. The molecule has 3 aromatic heterocycles. The van der Waals surface area contributed by atoms with Crippen molar-refractivity contribution in [2.75, 3.05) is 7.11 Å². The quantitative estimate of drug-likeness (QED) is 0.310. The van der Waals surface area contributed by atoms with Crippen LogP contribution in [0.25, 0.3) is 11.3 Å². The standard InChI is InChI=1S/C30H24N6O2/c1-19-25-26(22-15-9-10-16-23(22)37-2)27-28-32-24(17-20-11-5-3-6-12-20)34-35(28)18-31-29(27)38-30(25)36(33-19)21-13-7-4-8-14-21/h3-16,18,26H,17H2,1-2H3/t26-/m0/s1. The smallest absolute Gasteiger partial charge is 0.230 e. The van der Waals surface area contributed by atoms with Crippen molar-refractivity contribution < 1.29 is 9.47 Å². The van der Waals surface area contributed by atoms with E-state index in [4.69, 9.17) is 29.6 Å². The molecule has 0 spiro atoms. The Morgan fingerprint density at radius 2 is 1.61 bits per heavy atom. The Balaban J connectivity index is 1.47. The van der Waals surface area contributed by atoms with Crippen molar-refractivity contribution in [3.8, 4) is 23.2 Å². The number of rotatable bonds is 5. The minimum absolute atomic E-state index is 0.271. The van der Waals surface area contributed by atoms with Crippen LogP contribution in [0.1, 0.15) is 39.7 Å². The Kier molecular flexibility index (Phi) is 5.18. The largest absolute Gasteiger partial charge is 0.496 e. The molecule has 0 bridgehead atoms. The number of aromatic nitrogens is 6. The van der Waals surface area contributed by atoms with Gasteiger partial charge in [-0.15, -0.1) is 5.10 Å². The molecule has 8 nitrogen and oxygen atoms in total. The van der Waals surface area contributed by atoms with Crippen molar-refractivity contribution in [3.05, 3.63) is 125 Å². The predicted molar refractivity (Wildman–Crippen MR) is 142 cm³/mol. The molecule has 0 aliphatic carbocycles. The van der Waals surface area contributed by atoms with E-state index in [9.17, 15) is 0 Å². The maximum absolute atomic E-state index is 6.51. The zero-order valence-corrected chi connectivity index (χ0v) is 20.9. The van der Waals surface area contributed by atoms with E-state index in [0.29, 0.717) is 29.7 Å². The van der Waals surface area contributed by atoms with Gasteiger partial charge in [-0.25, -0.2) is 19.2 Å². The lowest BCUT2D eigenvalue weighted by atomic mass is 9.84. The Morgan fingerprint density at radius 1 is 0.868 bits per heavy atom. The van der Waals surface area contributed by atoms with Crippen molar-refractivity contribution >= 4 is 5.65 Å². The fraction of sp³-hybridized carbons (Fsp3) is 0.133. The first kappa shape index (κ1) is 22.2. The number of para-hydroxylation sites is 2. The van der Waals surface area contributed by atoms with Gasteiger partial charge in [0.25, 0.3) is 0 Å². The molecule has 38 heavy (non-hydrogen) atoms. The van der Waals surface area contributed by atoms with Gasteiger partial charge in [0.15, 0.2) is 11.5 Å². The SMILES string of the molecule is COc1ccccc1[C@H]1c2c(C)nn(-c3ccccc3)c2Oc2ncn3nc(Cc4ccccc4)nc3c21. The van der Waals surface area contributed by atoms with Crippen LogP contribution >= 0.6 is 0 Å². The van der Waals surface area contributed by atoms with Crippen molar-refractivity contribution in [1.29, 1.82) is 0 Å². The topological polar surface area (TPSA) is 79.4 Å². The first-order chi connectivity index (χ1) is 18.7. The van der Waals surface area contributed by atoms with E-state index >= 15 is 0 Å². The summed E-state index contributed by atoms with van der Waals surface area (Å²) in [6.45, 7) is 2.01. The van der Waals surface area contributed by atoms with E-state index < -0.39 is 0 Å². The lowest BCUT2D eigenvalue weighted by Crippen LogP contribution is -2.16. The molecule has 0 saturated heterocycles. The minimum atomic E-state index is -0.271. The highest BCUT2D eigenvalue weighted by Gasteiger charge is 2.39. The molecule has 0 N–H and O–H groups in total. The summed E-state index contributed by atoms with van der Waals surface area (Å²) in [5, 5.41) is 9.65. The first-order valence-electron chi connectivity index (χ1n) is 12.4. The number of hydrogen-bond acceptors (Lipinski definition) is 6. The van der Waals surface area contributed by atoms with Gasteiger partial charge in [-0.05, 0) is 30.7 Å². The zero-order valence-electron chi connectivity index (χ0n) is 20.9. The monoisotopic (exact) mass is 500 g/mol. The number of methoxy groups -OCH3 is 1. The van der Waals surface area contributed by atoms with Gasteiger partial charge < -0.3 is 9.47 Å². The summed E-state index contributed by atoms with van der Waals surface area (Å²) >= 11 is 0. The molecule has 0 fully saturated rings. The van der Waals surface area contributed by atoms with E-state index in [-0.39, 0.29) is 5.92 Å². The normalized spacial score (nSPS) is 14.1. The minimum Gasteiger partial charge on any atom is -0.496 e. The van der Waals surface area contributed by atoms with E-state index in [1.165, 1.54) is 0 Å². The highest BCUT2D eigenvalue weighted by Crippen LogP contribution is 2.51.